The van der Waals surface area contributed by atoms with Gasteiger partial charge >= 0.3 is 5.69 Å². The van der Waals surface area contributed by atoms with Gasteiger partial charge in [-0.3, -0.25) is 24.5 Å². The molecule has 3 fully saturated rings. The van der Waals surface area contributed by atoms with Crippen LogP contribution < -0.4 is 15.5 Å². The number of amides is 3. The minimum Gasteiger partial charge on any atom is -0.363 e. The average molecular weight is 613 g/mol. The van der Waals surface area contributed by atoms with E-state index in [1.807, 2.05) is 7.05 Å². The topological polar surface area (TPSA) is 167 Å². The predicted molar refractivity (Wildman–Crippen MR) is 163 cm³/mol. The van der Waals surface area contributed by atoms with Crippen LogP contribution >= 0.6 is 0 Å². The van der Waals surface area contributed by atoms with Crippen molar-refractivity contribution in [2.24, 2.45) is 23.7 Å². The van der Waals surface area contributed by atoms with E-state index in [4.69, 9.17) is 0 Å². The summed E-state index contributed by atoms with van der Waals surface area (Å²) in [6.07, 6.45) is 8.81. The van der Waals surface area contributed by atoms with E-state index in [2.05, 4.69) is 44.4 Å². The predicted octanol–water partition coefficient (Wildman–Crippen LogP) is 2.18. The molecule has 44 heavy (non-hydrogen) atoms. The van der Waals surface area contributed by atoms with Gasteiger partial charge in [-0.1, -0.05) is 19.8 Å². The molecular weight excluding hydrogens is 568 g/mol. The Labute approximate surface area is 257 Å². The first-order chi connectivity index (χ1) is 21.0. The van der Waals surface area contributed by atoms with Crippen LogP contribution in [-0.4, -0.2) is 102 Å². The second kappa shape index (κ2) is 13.4. The minimum atomic E-state index is -0.586. The Morgan fingerprint density at radius 1 is 1.02 bits per heavy atom. The fourth-order valence-corrected chi connectivity index (χ4v) is 7.75. The van der Waals surface area contributed by atoms with E-state index in [9.17, 15) is 24.5 Å². The molecule has 0 radical (unpaired) electrons. The van der Waals surface area contributed by atoms with Crippen LogP contribution in [0.2, 0.25) is 0 Å². The normalized spacial score (nSPS) is 26.7. The highest BCUT2D eigenvalue weighted by Crippen LogP contribution is 2.48. The van der Waals surface area contributed by atoms with Crippen molar-refractivity contribution in [3.8, 4) is 0 Å². The van der Waals surface area contributed by atoms with Gasteiger partial charge in [0.05, 0.1) is 30.2 Å². The number of nitrogens with one attached hydrogen (secondary N) is 2. The number of hydrogen-bond acceptors (Lipinski definition) is 10. The van der Waals surface area contributed by atoms with Gasteiger partial charge in [0.25, 0.3) is 0 Å². The monoisotopic (exact) mass is 612 g/mol. The number of nitrogens with zero attached hydrogens (tertiary/aromatic N) is 6. The number of carbonyl (C=O) groups is 3. The van der Waals surface area contributed by atoms with E-state index >= 15 is 0 Å². The molecule has 2 saturated heterocycles. The van der Waals surface area contributed by atoms with Crippen molar-refractivity contribution in [3.05, 3.63) is 22.2 Å². The fourth-order valence-electron chi connectivity index (χ4n) is 7.75. The Kier molecular flexibility index (Phi) is 9.66. The molecule has 0 spiro atoms. The zero-order valence-electron chi connectivity index (χ0n) is 26.0. The van der Waals surface area contributed by atoms with Crippen molar-refractivity contribution in [3.63, 3.8) is 0 Å². The van der Waals surface area contributed by atoms with Gasteiger partial charge in [0.15, 0.2) is 5.52 Å². The largest absolute Gasteiger partial charge is 0.363 e. The molecule has 3 aliphatic rings. The number of rotatable bonds is 11. The zero-order chi connectivity index (χ0) is 31.5. The molecule has 14 nitrogen and oxygen atoms in total. The van der Waals surface area contributed by atoms with Crippen LogP contribution in [0.4, 0.5) is 11.4 Å². The minimum absolute atomic E-state index is 0.0177. The summed E-state index contributed by atoms with van der Waals surface area (Å²) in [5.74, 6) is 1.55. The number of nitro benzene ring substituents is 1. The van der Waals surface area contributed by atoms with Gasteiger partial charge < -0.3 is 25.3 Å². The number of anilines is 1. The third kappa shape index (κ3) is 6.79. The van der Waals surface area contributed by atoms with Crippen molar-refractivity contribution in [1.29, 1.82) is 0 Å². The Balaban J connectivity index is 1.08. The summed E-state index contributed by atoms with van der Waals surface area (Å²) in [6, 6.07) is 3.89. The SMILES string of the molecule is CC1CCC([C@H]2C[C@H]3CCC(C2CN(C)C(=O)CNC(=O)CNC(=O)CN(C)c2ccc([N+](=O)[O-])c4nonc24)N3C)CC1. The van der Waals surface area contributed by atoms with Gasteiger partial charge in [-0.2, -0.15) is 0 Å². The third-order valence-electron chi connectivity index (χ3n) is 10.3. The number of likely N-dealkylation sites (N-methyl/N-ethyl adjacent to an activating group) is 2. The summed E-state index contributed by atoms with van der Waals surface area (Å²) < 4.78 is 4.67. The molecule has 14 heteroatoms. The van der Waals surface area contributed by atoms with Gasteiger partial charge in [0.2, 0.25) is 23.2 Å². The van der Waals surface area contributed by atoms with Crippen molar-refractivity contribution in [1.82, 2.24) is 30.7 Å². The fraction of sp³-hybridized carbons (Fsp3) is 0.700. The van der Waals surface area contributed by atoms with Gasteiger partial charge in [-0.25, -0.2) is 4.63 Å². The van der Waals surface area contributed by atoms with Crippen LogP contribution in [0.3, 0.4) is 0 Å². The summed E-state index contributed by atoms with van der Waals surface area (Å²) in [5, 5.41) is 23.7. The lowest BCUT2D eigenvalue weighted by molar-refractivity contribution is -0.383. The van der Waals surface area contributed by atoms with Crippen molar-refractivity contribution in [2.45, 2.75) is 64.0 Å². The highest BCUT2D eigenvalue weighted by molar-refractivity contribution is 5.95. The maximum Gasteiger partial charge on any atom is 0.300 e. The molecule has 1 aliphatic carbocycles. The second-order valence-corrected chi connectivity index (χ2v) is 13.1. The maximum atomic E-state index is 13.1. The molecule has 5 rings (SSSR count). The quantitative estimate of drug-likeness (QED) is 0.284. The van der Waals surface area contributed by atoms with E-state index in [0.29, 0.717) is 36.2 Å². The Bertz CT molecular complexity index is 1370. The molecule has 4 atom stereocenters. The van der Waals surface area contributed by atoms with Crippen LogP contribution in [0.25, 0.3) is 11.0 Å². The van der Waals surface area contributed by atoms with Crippen molar-refractivity contribution >= 4 is 40.1 Å². The molecule has 2 bridgehead atoms. The first-order valence-corrected chi connectivity index (χ1v) is 15.6. The summed E-state index contributed by atoms with van der Waals surface area (Å²) in [7, 11) is 5.67. The van der Waals surface area contributed by atoms with E-state index in [0.717, 1.165) is 11.8 Å². The van der Waals surface area contributed by atoms with Crippen molar-refractivity contribution in [2.75, 3.05) is 52.2 Å². The van der Waals surface area contributed by atoms with Gasteiger partial charge in [0.1, 0.15) is 0 Å². The number of benzene rings is 1. The van der Waals surface area contributed by atoms with Crippen LogP contribution in [0.5, 0.6) is 0 Å². The van der Waals surface area contributed by atoms with Gasteiger partial charge in [-0.05, 0) is 79.2 Å². The smallest absolute Gasteiger partial charge is 0.300 e. The van der Waals surface area contributed by atoms with E-state index in [1.165, 1.54) is 62.0 Å². The molecule has 3 heterocycles. The molecule has 2 aliphatic heterocycles. The molecule has 2 N–H and O–H groups in total. The standard InChI is InChI=1S/C30H44N8O6/c1-18-5-7-19(8-6-18)21-13-20-9-10-23(37(20)4)22(21)16-36(3)28(41)15-32-26(39)14-31-27(40)17-35(2)24-11-12-25(38(42)43)30-29(24)33-44-34-30/h11-12,18-23H,5-10,13-17H2,1-4H3,(H,31,40)(H,32,39)/t18?,19?,20-,21-,22?,23?/m1/s1. The van der Waals surface area contributed by atoms with Crippen LogP contribution in [-0.2, 0) is 14.4 Å². The number of fused-ring (bicyclic) bond motifs is 3. The molecule has 240 valence electrons. The summed E-state index contributed by atoms with van der Waals surface area (Å²) >= 11 is 0. The Morgan fingerprint density at radius 3 is 2.45 bits per heavy atom. The molecular formula is C30H44N8O6. The highest BCUT2D eigenvalue weighted by Gasteiger charge is 2.48. The Morgan fingerprint density at radius 2 is 1.73 bits per heavy atom. The first-order valence-electron chi connectivity index (χ1n) is 15.6. The maximum absolute atomic E-state index is 13.1. The van der Waals surface area contributed by atoms with Gasteiger partial charge in [0, 0.05) is 38.8 Å². The lowest BCUT2D eigenvalue weighted by atomic mass is 9.67. The van der Waals surface area contributed by atoms with E-state index in [1.54, 1.807) is 11.9 Å². The number of aromatic nitrogens is 2. The average Bonchev–Trinajstić information content (AvgIpc) is 3.58. The zero-order valence-corrected chi connectivity index (χ0v) is 26.0. The molecule has 2 aromatic rings. The van der Waals surface area contributed by atoms with Crippen LogP contribution in [0.1, 0.15) is 51.9 Å². The van der Waals surface area contributed by atoms with Crippen LogP contribution in [0.15, 0.2) is 16.8 Å². The molecule has 3 amide bonds. The lowest BCUT2D eigenvalue weighted by Crippen LogP contribution is -2.53. The Hall–Kier alpha value is -3.81. The summed E-state index contributed by atoms with van der Waals surface area (Å²) in [6.45, 7) is 2.48. The molecule has 1 aromatic carbocycles. The van der Waals surface area contributed by atoms with E-state index < -0.39 is 16.7 Å². The third-order valence-corrected chi connectivity index (χ3v) is 10.3. The number of carbonyl (C=O) groups excluding carboxylic acids is 3. The lowest BCUT2D eigenvalue weighted by Gasteiger charge is -2.48. The summed E-state index contributed by atoms with van der Waals surface area (Å²) in [5.41, 5.74) is 0.298. The number of hydrogen-bond donors (Lipinski definition) is 2. The van der Waals surface area contributed by atoms with Crippen LogP contribution in [0, 0.1) is 33.8 Å². The first kappa shape index (κ1) is 31.6. The number of piperidine rings is 1. The van der Waals surface area contributed by atoms with E-state index in [-0.39, 0.29) is 42.3 Å². The second-order valence-electron chi connectivity index (χ2n) is 13.1. The molecule has 1 saturated carbocycles. The molecule has 2 unspecified atom stereocenters. The number of nitro groups is 1. The summed E-state index contributed by atoms with van der Waals surface area (Å²) in [4.78, 5) is 54.6. The number of non-ortho nitro benzene ring substituents is 1. The molecule has 1 aromatic heterocycles. The van der Waals surface area contributed by atoms with Crippen molar-refractivity contribution < 1.29 is 23.9 Å². The highest BCUT2D eigenvalue weighted by atomic mass is 16.6. The van der Waals surface area contributed by atoms with Gasteiger partial charge in [-0.15, -0.1) is 0 Å².